The number of para-hydroxylation sites is 1. The third kappa shape index (κ3) is 4.65. The number of anilines is 1. The zero-order valence-corrected chi connectivity index (χ0v) is 15.6. The third-order valence-electron chi connectivity index (χ3n) is 3.90. The van der Waals surface area contributed by atoms with Crippen LogP contribution < -0.4 is 9.64 Å². The molecule has 0 aromatic heterocycles. The third-order valence-corrected chi connectivity index (χ3v) is 4.77. The highest BCUT2D eigenvalue weighted by Crippen LogP contribution is 2.33. The van der Waals surface area contributed by atoms with Gasteiger partial charge in [-0.15, -0.1) is 0 Å². The van der Waals surface area contributed by atoms with E-state index in [9.17, 15) is 4.79 Å². The second-order valence-electron chi connectivity index (χ2n) is 5.74. The summed E-state index contributed by atoms with van der Waals surface area (Å²) in [6.07, 6.45) is 0.876. The van der Waals surface area contributed by atoms with Crippen molar-refractivity contribution in [1.82, 2.24) is 0 Å². The van der Waals surface area contributed by atoms with E-state index in [1.165, 1.54) is 0 Å². The van der Waals surface area contributed by atoms with Crippen LogP contribution in [0.25, 0.3) is 0 Å². The highest BCUT2D eigenvalue weighted by Gasteiger charge is 2.15. The smallest absolute Gasteiger partial charge is 0.226 e. The average molecular weight is 366 g/mol. The maximum Gasteiger partial charge on any atom is 0.226 e. The molecule has 2 aromatic carbocycles. The predicted octanol–water partition coefficient (Wildman–Crippen LogP) is 5.51. The van der Waals surface area contributed by atoms with Gasteiger partial charge in [0.05, 0.1) is 11.1 Å². The fraction of sp³-hybridized carbons (Fsp3) is 0.316. The van der Waals surface area contributed by atoms with E-state index in [-0.39, 0.29) is 12.0 Å². The molecule has 2 rings (SSSR count). The number of carbonyl (C=O) groups excluding carboxylic acids is 1. The van der Waals surface area contributed by atoms with Crippen LogP contribution in [0, 0.1) is 6.92 Å². The molecule has 1 amide bonds. The summed E-state index contributed by atoms with van der Waals surface area (Å²) >= 11 is 12.3. The summed E-state index contributed by atoms with van der Waals surface area (Å²) in [6.45, 7) is 3.77. The number of rotatable bonds is 6. The molecule has 0 N–H and O–H groups in total. The van der Waals surface area contributed by atoms with Gasteiger partial charge in [-0.25, -0.2) is 0 Å². The topological polar surface area (TPSA) is 29.5 Å². The Morgan fingerprint density at radius 1 is 1.17 bits per heavy atom. The van der Waals surface area contributed by atoms with Crippen LogP contribution in [0.5, 0.6) is 5.75 Å². The second-order valence-corrected chi connectivity index (χ2v) is 6.53. The van der Waals surface area contributed by atoms with Crippen molar-refractivity contribution >= 4 is 34.8 Å². The van der Waals surface area contributed by atoms with Gasteiger partial charge in [-0.2, -0.15) is 0 Å². The molecule has 0 saturated heterocycles. The van der Waals surface area contributed by atoms with Crippen LogP contribution in [0.3, 0.4) is 0 Å². The molecule has 2 aromatic rings. The van der Waals surface area contributed by atoms with Gasteiger partial charge in [0.1, 0.15) is 5.75 Å². The maximum atomic E-state index is 12.3. The molecule has 0 aliphatic rings. The molecule has 0 saturated carbocycles. The zero-order chi connectivity index (χ0) is 17.7. The van der Waals surface area contributed by atoms with Crippen LogP contribution >= 0.6 is 23.2 Å². The van der Waals surface area contributed by atoms with Crippen molar-refractivity contribution in [2.24, 2.45) is 0 Å². The molecule has 0 fully saturated rings. The minimum absolute atomic E-state index is 0.0510. The first-order valence-corrected chi connectivity index (χ1v) is 8.58. The summed E-state index contributed by atoms with van der Waals surface area (Å²) in [7, 11) is 1.78. The summed E-state index contributed by atoms with van der Waals surface area (Å²) in [5, 5.41) is 1.13. The van der Waals surface area contributed by atoms with Gasteiger partial charge < -0.3 is 9.64 Å². The van der Waals surface area contributed by atoms with Gasteiger partial charge in [0, 0.05) is 24.2 Å². The Kier molecular flexibility index (Phi) is 6.52. The van der Waals surface area contributed by atoms with Gasteiger partial charge >= 0.3 is 0 Å². The molecule has 1 unspecified atom stereocenters. The predicted molar refractivity (Wildman–Crippen MR) is 100 cm³/mol. The van der Waals surface area contributed by atoms with Gasteiger partial charge in [-0.1, -0.05) is 41.4 Å². The lowest BCUT2D eigenvalue weighted by Crippen LogP contribution is -2.27. The van der Waals surface area contributed by atoms with Crippen molar-refractivity contribution < 1.29 is 9.53 Å². The molecule has 1 atom stereocenters. The highest BCUT2D eigenvalue weighted by molar-refractivity contribution is 6.36. The monoisotopic (exact) mass is 365 g/mol. The minimum Gasteiger partial charge on any atom is -0.489 e. The molecule has 24 heavy (non-hydrogen) atoms. The van der Waals surface area contributed by atoms with Crippen molar-refractivity contribution in [2.75, 3.05) is 11.9 Å². The molecular formula is C19H21Cl2NO2. The summed E-state index contributed by atoms with van der Waals surface area (Å²) in [5.41, 5.74) is 1.68. The van der Waals surface area contributed by atoms with E-state index in [4.69, 9.17) is 27.9 Å². The van der Waals surface area contributed by atoms with Crippen molar-refractivity contribution in [3.63, 3.8) is 0 Å². The van der Waals surface area contributed by atoms with E-state index in [2.05, 4.69) is 0 Å². The number of carbonyl (C=O) groups is 1. The van der Waals surface area contributed by atoms with Crippen molar-refractivity contribution in [2.45, 2.75) is 32.8 Å². The number of halogens is 2. The molecule has 0 bridgehead atoms. The van der Waals surface area contributed by atoms with E-state index < -0.39 is 0 Å². The van der Waals surface area contributed by atoms with E-state index in [0.717, 1.165) is 11.3 Å². The Bertz CT molecular complexity index is 704. The van der Waals surface area contributed by atoms with Gasteiger partial charge in [-0.05, 0) is 50.1 Å². The van der Waals surface area contributed by atoms with Crippen LogP contribution in [0.2, 0.25) is 10.0 Å². The quantitative estimate of drug-likeness (QED) is 0.674. The van der Waals surface area contributed by atoms with Gasteiger partial charge in [-0.3, -0.25) is 4.79 Å². The van der Waals surface area contributed by atoms with Crippen LogP contribution in [-0.2, 0) is 4.79 Å². The number of benzene rings is 2. The standard InChI is InChI=1S/C19H21Cl2NO2/c1-13(24-17-11-10-16(20)14(2)19(17)21)9-12-18(23)22(3)15-7-5-4-6-8-15/h4-8,10-11,13H,9,12H2,1-3H3. The Morgan fingerprint density at radius 3 is 2.50 bits per heavy atom. The number of nitrogens with zero attached hydrogens (tertiary/aromatic N) is 1. The van der Waals surface area contributed by atoms with Crippen molar-refractivity contribution in [1.29, 1.82) is 0 Å². The van der Waals surface area contributed by atoms with E-state index in [1.807, 2.05) is 44.2 Å². The number of hydrogen-bond donors (Lipinski definition) is 0. The lowest BCUT2D eigenvalue weighted by Gasteiger charge is -2.20. The molecule has 0 aliphatic heterocycles. The second kappa shape index (κ2) is 8.41. The summed E-state index contributed by atoms with van der Waals surface area (Å²) in [5.74, 6) is 0.643. The SMILES string of the molecule is Cc1c(Cl)ccc(OC(C)CCC(=O)N(C)c2ccccc2)c1Cl. The van der Waals surface area contributed by atoms with Crippen molar-refractivity contribution in [3.05, 3.63) is 58.1 Å². The fourth-order valence-electron chi connectivity index (χ4n) is 2.29. The van der Waals surface area contributed by atoms with Gasteiger partial charge in [0.25, 0.3) is 0 Å². The van der Waals surface area contributed by atoms with E-state index >= 15 is 0 Å². The number of amides is 1. The molecule has 0 aliphatic carbocycles. The summed E-state index contributed by atoms with van der Waals surface area (Å²) < 4.78 is 5.86. The Balaban J connectivity index is 1.90. The first-order valence-electron chi connectivity index (χ1n) is 7.83. The lowest BCUT2D eigenvalue weighted by atomic mass is 10.2. The minimum atomic E-state index is -0.129. The molecule has 128 valence electrons. The van der Waals surface area contributed by atoms with Crippen LogP contribution in [0.15, 0.2) is 42.5 Å². The number of hydrogen-bond acceptors (Lipinski definition) is 2. The molecule has 3 nitrogen and oxygen atoms in total. The Labute approximate surface area is 153 Å². The molecule has 0 spiro atoms. The first-order chi connectivity index (χ1) is 11.4. The normalized spacial score (nSPS) is 11.9. The Hall–Kier alpha value is -1.71. The van der Waals surface area contributed by atoms with Crippen LogP contribution in [0.4, 0.5) is 5.69 Å². The molecule has 5 heteroatoms. The summed E-state index contributed by atoms with van der Waals surface area (Å²) in [6, 6.07) is 13.1. The van der Waals surface area contributed by atoms with Gasteiger partial charge in [0.2, 0.25) is 5.91 Å². The molecular weight excluding hydrogens is 345 g/mol. The Morgan fingerprint density at radius 2 is 1.83 bits per heavy atom. The average Bonchev–Trinajstić information content (AvgIpc) is 2.60. The van der Waals surface area contributed by atoms with Gasteiger partial charge in [0.15, 0.2) is 0 Å². The summed E-state index contributed by atoms with van der Waals surface area (Å²) in [4.78, 5) is 14.0. The number of ether oxygens (including phenoxy) is 1. The molecule has 0 radical (unpaired) electrons. The molecule has 0 heterocycles. The van der Waals surface area contributed by atoms with Crippen LogP contribution in [-0.4, -0.2) is 19.1 Å². The maximum absolute atomic E-state index is 12.3. The van der Waals surface area contributed by atoms with E-state index in [1.54, 1.807) is 24.1 Å². The fourth-order valence-corrected chi connectivity index (χ4v) is 2.71. The van der Waals surface area contributed by atoms with Crippen LogP contribution in [0.1, 0.15) is 25.3 Å². The van der Waals surface area contributed by atoms with E-state index in [0.29, 0.717) is 28.6 Å². The van der Waals surface area contributed by atoms with Crippen molar-refractivity contribution in [3.8, 4) is 5.75 Å². The highest BCUT2D eigenvalue weighted by atomic mass is 35.5. The largest absolute Gasteiger partial charge is 0.489 e. The zero-order valence-electron chi connectivity index (χ0n) is 14.1. The first kappa shape index (κ1) is 18.6. The lowest BCUT2D eigenvalue weighted by molar-refractivity contribution is -0.118.